The summed E-state index contributed by atoms with van der Waals surface area (Å²) in [5, 5.41) is 8.77. The van der Waals surface area contributed by atoms with Gasteiger partial charge in [-0.25, -0.2) is 0 Å². The summed E-state index contributed by atoms with van der Waals surface area (Å²) in [6, 6.07) is 0. The standard InChI is InChI=1S/C15H23NO3/c17-14(10-12-4-2-1-3-5-12)16-8-6-13(7-9-16)11-15(18)19/h2,4,12-13H,1,3,5-11H2,(H,18,19). The second-order valence-corrected chi connectivity index (χ2v) is 5.75. The van der Waals surface area contributed by atoms with Crippen LogP contribution < -0.4 is 0 Å². The Morgan fingerprint density at radius 2 is 1.89 bits per heavy atom. The molecule has 1 fully saturated rings. The number of likely N-dealkylation sites (tertiary alicyclic amines) is 1. The van der Waals surface area contributed by atoms with E-state index in [1.54, 1.807) is 0 Å². The number of carboxylic acid groups (broad SMARTS) is 1. The van der Waals surface area contributed by atoms with E-state index in [1.165, 1.54) is 6.42 Å². The third-order valence-electron chi connectivity index (χ3n) is 4.22. The number of rotatable bonds is 4. The molecule has 2 aliphatic rings. The lowest BCUT2D eigenvalue weighted by atomic mass is 9.91. The summed E-state index contributed by atoms with van der Waals surface area (Å²) in [4.78, 5) is 24.7. The Labute approximate surface area is 114 Å². The van der Waals surface area contributed by atoms with E-state index in [4.69, 9.17) is 5.11 Å². The number of allylic oxidation sites excluding steroid dienone is 2. The minimum atomic E-state index is -0.725. The Kier molecular flexibility index (Phi) is 5.00. The third kappa shape index (κ3) is 4.37. The third-order valence-corrected chi connectivity index (χ3v) is 4.22. The van der Waals surface area contributed by atoms with Gasteiger partial charge in [0.05, 0.1) is 0 Å². The number of piperidine rings is 1. The fraction of sp³-hybridized carbons (Fsp3) is 0.733. The van der Waals surface area contributed by atoms with Crippen LogP contribution in [0.1, 0.15) is 44.9 Å². The van der Waals surface area contributed by atoms with Crippen molar-refractivity contribution in [2.45, 2.75) is 44.9 Å². The van der Waals surface area contributed by atoms with E-state index in [-0.39, 0.29) is 18.2 Å². The summed E-state index contributed by atoms with van der Waals surface area (Å²) < 4.78 is 0. The van der Waals surface area contributed by atoms with Gasteiger partial charge in [-0.05, 0) is 43.9 Å². The number of aliphatic carboxylic acids is 1. The number of hydrogen-bond acceptors (Lipinski definition) is 2. The molecule has 1 N–H and O–H groups in total. The summed E-state index contributed by atoms with van der Waals surface area (Å²) in [7, 11) is 0. The van der Waals surface area contributed by atoms with Crippen molar-refractivity contribution in [1.29, 1.82) is 0 Å². The van der Waals surface area contributed by atoms with E-state index in [1.807, 2.05) is 4.90 Å². The number of carbonyl (C=O) groups is 2. The highest BCUT2D eigenvalue weighted by atomic mass is 16.4. The van der Waals surface area contributed by atoms with Crippen LogP contribution in [-0.2, 0) is 9.59 Å². The van der Waals surface area contributed by atoms with Gasteiger partial charge in [0.2, 0.25) is 5.91 Å². The fourth-order valence-electron chi connectivity index (χ4n) is 3.04. The second-order valence-electron chi connectivity index (χ2n) is 5.75. The molecule has 0 saturated carbocycles. The Balaban J connectivity index is 1.74. The van der Waals surface area contributed by atoms with Gasteiger partial charge in [-0.1, -0.05) is 12.2 Å². The Morgan fingerprint density at radius 3 is 2.47 bits per heavy atom. The van der Waals surface area contributed by atoms with Crippen LogP contribution in [0, 0.1) is 11.8 Å². The highest BCUT2D eigenvalue weighted by Gasteiger charge is 2.25. The van der Waals surface area contributed by atoms with Crippen LogP contribution >= 0.6 is 0 Å². The van der Waals surface area contributed by atoms with Gasteiger partial charge in [0, 0.05) is 25.9 Å². The molecule has 106 valence electrons. The molecular formula is C15H23NO3. The first kappa shape index (κ1) is 14.1. The maximum absolute atomic E-state index is 12.2. The van der Waals surface area contributed by atoms with Gasteiger partial charge < -0.3 is 10.0 Å². The number of carbonyl (C=O) groups excluding carboxylic acids is 1. The molecular weight excluding hydrogens is 242 g/mol. The number of hydrogen-bond donors (Lipinski definition) is 1. The molecule has 1 amide bonds. The number of carboxylic acids is 1. The predicted molar refractivity (Wildman–Crippen MR) is 72.7 cm³/mol. The second kappa shape index (κ2) is 6.73. The first-order valence-corrected chi connectivity index (χ1v) is 7.31. The summed E-state index contributed by atoms with van der Waals surface area (Å²) in [5.74, 6) is 0.177. The minimum Gasteiger partial charge on any atom is -0.481 e. The zero-order valence-corrected chi connectivity index (χ0v) is 11.4. The minimum absolute atomic E-state index is 0.241. The van der Waals surface area contributed by atoms with Crippen molar-refractivity contribution in [2.24, 2.45) is 11.8 Å². The van der Waals surface area contributed by atoms with Crippen LogP contribution in [0.3, 0.4) is 0 Å². The van der Waals surface area contributed by atoms with Crippen LogP contribution in [0.2, 0.25) is 0 Å². The molecule has 0 aromatic heterocycles. The van der Waals surface area contributed by atoms with E-state index >= 15 is 0 Å². The van der Waals surface area contributed by atoms with Crippen molar-refractivity contribution in [3.05, 3.63) is 12.2 Å². The monoisotopic (exact) mass is 265 g/mol. The fourth-order valence-corrected chi connectivity index (χ4v) is 3.04. The van der Waals surface area contributed by atoms with Gasteiger partial charge in [-0.15, -0.1) is 0 Å². The molecule has 1 unspecified atom stereocenters. The average molecular weight is 265 g/mol. The molecule has 1 heterocycles. The summed E-state index contributed by atoms with van der Waals surface area (Å²) in [6.45, 7) is 1.46. The molecule has 2 rings (SSSR count). The lowest BCUT2D eigenvalue weighted by molar-refractivity contribution is -0.138. The molecule has 4 nitrogen and oxygen atoms in total. The van der Waals surface area contributed by atoms with Gasteiger partial charge in [-0.2, -0.15) is 0 Å². The van der Waals surface area contributed by atoms with Crippen LogP contribution in [0.15, 0.2) is 12.2 Å². The van der Waals surface area contributed by atoms with E-state index in [0.717, 1.165) is 38.8 Å². The van der Waals surface area contributed by atoms with Gasteiger partial charge in [0.15, 0.2) is 0 Å². The largest absolute Gasteiger partial charge is 0.481 e. The normalized spacial score (nSPS) is 24.4. The highest BCUT2D eigenvalue weighted by Crippen LogP contribution is 2.24. The molecule has 1 aliphatic carbocycles. The molecule has 0 radical (unpaired) electrons. The average Bonchev–Trinajstić information content (AvgIpc) is 2.40. The van der Waals surface area contributed by atoms with Crippen LogP contribution in [0.25, 0.3) is 0 Å². The summed E-state index contributed by atoms with van der Waals surface area (Å²) in [6.07, 6.45) is 10.3. The zero-order valence-electron chi connectivity index (χ0n) is 11.4. The first-order valence-electron chi connectivity index (χ1n) is 7.31. The summed E-state index contributed by atoms with van der Waals surface area (Å²) in [5.41, 5.74) is 0. The molecule has 4 heteroatoms. The topological polar surface area (TPSA) is 57.6 Å². The van der Waals surface area contributed by atoms with Crippen molar-refractivity contribution in [3.8, 4) is 0 Å². The van der Waals surface area contributed by atoms with Crippen molar-refractivity contribution in [3.63, 3.8) is 0 Å². The Bertz CT molecular complexity index is 356. The molecule has 0 aromatic rings. The summed E-state index contributed by atoms with van der Waals surface area (Å²) >= 11 is 0. The van der Waals surface area contributed by atoms with Gasteiger partial charge in [-0.3, -0.25) is 9.59 Å². The number of amides is 1. The molecule has 1 atom stereocenters. The van der Waals surface area contributed by atoms with Crippen molar-refractivity contribution >= 4 is 11.9 Å². The predicted octanol–water partition coefficient (Wildman–Crippen LogP) is 2.45. The molecule has 0 bridgehead atoms. The van der Waals surface area contributed by atoms with Crippen LogP contribution in [0.4, 0.5) is 0 Å². The van der Waals surface area contributed by atoms with E-state index in [0.29, 0.717) is 12.3 Å². The SMILES string of the molecule is O=C(O)CC1CCN(C(=O)CC2C=CCCC2)CC1. The maximum Gasteiger partial charge on any atom is 0.303 e. The molecule has 19 heavy (non-hydrogen) atoms. The quantitative estimate of drug-likeness (QED) is 0.794. The Hall–Kier alpha value is -1.32. The lowest BCUT2D eigenvalue weighted by Crippen LogP contribution is -2.39. The zero-order chi connectivity index (χ0) is 13.7. The van der Waals surface area contributed by atoms with Crippen LogP contribution in [-0.4, -0.2) is 35.0 Å². The van der Waals surface area contributed by atoms with Gasteiger partial charge in [0.1, 0.15) is 0 Å². The number of nitrogens with zero attached hydrogens (tertiary/aromatic N) is 1. The molecule has 1 aliphatic heterocycles. The van der Waals surface area contributed by atoms with Gasteiger partial charge >= 0.3 is 5.97 Å². The van der Waals surface area contributed by atoms with Crippen molar-refractivity contribution in [2.75, 3.05) is 13.1 Å². The van der Waals surface area contributed by atoms with E-state index in [9.17, 15) is 9.59 Å². The molecule has 0 spiro atoms. The first-order chi connectivity index (χ1) is 9.15. The molecule has 0 aromatic carbocycles. The lowest BCUT2D eigenvalue weighted by Gasteiger charge is -2.32. The van der Waals surface area contributed by atoms with E-state index in [2.05, 4.69) is 12.2 Å². The van der Waals surface area contributed by atoms with Crippen molar-refractivity contribution < 1.29 is 14.7 Å². The Morgan fingerprint density at radius 1 is 1.16 bits per heavy atom. The smallest absolute Gasteiger partial charge is 0.303 e. The van der Waals surface area contributed by atoms with Crippen molar-refractivity contribution in [1.82, 2.24) is 4.90 Å². The highest BCUT2D eigenvalue weighted by molar-refractivity contribution is 5.76. The van der Waals surface area contributed by atoms with E-state index < -0.39 is 5.97 Å². The van der Waals surface area contributed by atoms with Crippen LogP contribution in [0.5, 0.6) is 0 Å². The molecule has 1 saturated heterocycles. The van der Waals surface area contributed by atoms with Gasteiger partial charge in [0.25, 0.3) is 0 Å². The maximum atomic E-state index is 12.2.